The van der Waals surface area contributed by atoms with Gasteiger partial charge in [0.25, 0.3) is 5.91 Å². The number of anilines is 1. The van der Waals surface area contributed by atoms with E-state index in [1.807, 2.05) is 0 Å². The van der Waals surface area contributed by atoms with Crippen LogP contribution in [0.5, 0.6) is 0 Å². The van der Waals surface area contributed by atoms with Crippen LogP contribution in [-0.2, 0) is 13.6 Å². The quantitative estimate of drug-likeness (QED) is 0.833. The predicted octanol–water partition coefficient (Wildman–Crippen LogP) is 0.665. The Morgan fingerprint density at radius 3 is 2.94 bits per heavy atom. The molecule has 0 aliphatic heterocycles. The van der Waals surface area contributed by atoms with Crippen molar-refractivity contribution in [2.24, 2.45) is 12.8 Å². The van der Waals surface area contributed by atoms with E-state index in [4.69, 9.17) is 5.73 Å². The van der Waals surface area contributed by atoms with Gasteiger partial charge in [-0.15, -0.1) is 5.10 Å². The molecule has 18 heavy (non-hydrogen) atoms. The highest BCUT2D eigenvalue weighted by Gasteiger charge is 2.09. The number of carbonyl (C=O) groups is 1. The van der Waals surface area contributed by atoms with E-state index in [1.54, 1.807) is 17.9 Å². The molecule has 0 aliphatic carbocycles. The number of rotatable bonds is 4. The molecule has 2 aromatic rings. The molecule has 0 fully saturated rings. The van der Waals surface area contributed by atoms with Crippen LogP contribution in [0, 0.1) is 5.82 Å². The minimum atomic E-state index is -0.793. The van der Waals surface area contributed by atoms with Gasteiger partial charge in [0.1, 0.15) is 5.82 Å². The van der Waals surface area contributed by atoms with Crippen LogP contribution < -0.4 is 11.1 Å². The third-order valence-corrected chi connectivity index (χ3v) is 2.51. The number of nitrogens with zero attached hydrogens (tertiary/aromatic N) is 3. The number of carbonyl (C=O) groups excluding carboxylic acids is 1. The molecule has 0 aliphatic rings. The lowest BCUT2D eigenvalue weighted by Crippen LogP contribution is -2.14. The van der Waals surface area contributed by atoms with Crippen molar-refractivity contribution in [3.05, 3.63) is 41.5 Å². The second kappa shape index (κ2) is 4.82. The third kappa shape index (κ3) is 2.45. The summed E-state index contributed by atoms with van der Waals surface area (Å²) < 4.78 is 14.9. The van der Waals surface area contributed by atoms with Gasteiger partial charge in [-0.1, -0.05) is 5.21 Å². The van der Waals surface area contributed by atoms with Gasteiger partial charge in [-0.05, 0) is 18.2 Å². The Balaban J connectivity index is 2.13. The molecule has 6 nitrogen and oxygen atoms in total. The number of hydrogen-bond acceptors (Lipinski definition) is 4. The molecule has 0 atom stereocenters. The maximum Gasteiger partial charge on any atom is 0.251 e. The van der Waals surface area contributed by atoms with Gasteiger partial charge in [-0.2, -0.15) is 0 Å². The minimum Gasteiger partial charge on any atom is -0.379 e. The fourth-order valence-corrected chi connectivity index (χ4v) is 1.49. The van der Waals surface area contributed by atoms with Gasteiger partial charge in [0, 0.05) is 12.7 Å². The van der Waals surface area contributed by atoms with Crippen LogP contribution in [0.15, 0.2) is 24.4 Å². The summed E-state index contributed by atoms with van der Waals surface area (Å²) in [6, 6.07) is 4.11. The molecule has 0 saturated carbocycles. The first-order chi connectivity index (χ1) is 8.58. The average Bonchev–Trinajstić information content (AvgIpc) is 2.73. The Morgan fingerprint density at radius 1 is 1.56 bits per heavy atom. The number of benzene rings is 1. The number of halogens is 1. The fraction of sp³-hybridized carbons (Fsp3) is 0.182. The molecule has 2 rings (SSSR count). The Kier molecular flexibility index (Phi) is 3.22. The Hall–Kier alpha value is -2.44. The van der Waals surface area contributed by atoms with Crippen molar-refractivity contribution in [1.82, 2.24) is 15.0 Å². The normalized spacial score (nSPS) is 10.3. The van der Waals surface area contributed by atoms with Gasteiger partial charge >= 0.3 is 0 Å². The van der Waals surface area contributed by atoms with Crippen LogP contribution in [0.3, 0.4) is 0 Å². The van der Waals surface area contributed by atoms with E-state index in [1.165, 1.54) is 18.2 Å². The molecule has 0 bridgehead atoms. The molecule has 3 N–H and O–H groups in total. The number of aryl methyl sites for hydroxylation is 1. The van der Waals surface area contributed by atoms with Crippen LogP contribution in [0.2, 0.25) is 0 Å². The molecular formula is C11H12FN5O. The number of primary amides is 1. The number of hydrogen-bond donors (Lipinski definition) is 2. The van der Waals surface area contributed by atoms with E-state index in [2.05, 4.69) is 15.6 Å². The van der Waals surface area contributed by atoms with E-state index >= 15 is 0 Å². The van der Waals surface area contributed by atoms with Crippen LogP contribution in [0.25, 0.3) is 0 Å². The SMILES string of the molecule is Cn1nncc1CNc1ccc(F)c(C(N)=O)c1. The first kappa shape index (κ1) is 12.0. The van der Waals surface area contributed by atoms with Crippen molar-refractivity contribution in [3.63, 3.8) is 0 Å². The molecule has 1 aromatic carbocycles. The summed E-state index contributed by atoms with van der Waals surface area (Å²) in [6.07, 6.45) is 1.62. The number of nitrogens with one attached hydrogen (secondary N) is 1. The predicted molar refractivity (Wildman–Crippen MR) is 63.2 cm³/mol. The molecule has 0 unspecified atom stereocenters. The van der Waals surface area contributed by atoms with E-state index in [-0.39, 0.29) is 5.56 Å². The van der Waals surface area contributed by atoms with Crippen LogP contribution in [0.1, 0.15) is 16.1 Å². The van der Waals surface area contributed by atoms with Crippen molar-refractivity contribution in [3.8, 4) is 0 Å². The number of aromatic nitrogens is 3. The summed E-state index contributed by atoms with van der Waals surface area (Å²) in [5.74, 6) is -1.42. The second-order valence-electron chi connectivity index (χ2n) is 3.76. The zero-order valence-corrected chi connectivity index (χ0v) is 9.72. The second-order valence-corrected chi connectivity index (χ2v) is 3.76. The highest BCUT2D eigenvalue weighted by Crippen LogP contribution is 2.15. The number of nitrogens with two attached hydrogens (primary N) is 1. The maximum atomic E-state index is 13.2. The van der Waals surface area contributed by atoms with Crippen LogP contribution >= 0.6 is 0 Å². The van der Waals surface area contributed by atoms with Crippen molar-refractivity contribution in [1.29, 1.82) is 0 Å². The van der Waals surface area contributed by atoms with Crippen LogP contribution in [-0.4, -0.2) is 20.9 Å². The minimum absolute atomic E-state index is 0.136. The lowest BCUT2D eigenvalue weighted by molar-refractivity contribution is 0.0996. The highest BCUT2D eigenvalue weighted by molar-refractivity contribution is 5.94. The topological polar surface area (TPSA) is 85.8 Å². The third-order valence-electron chi connectivity index (χ3n) is 2.51. The lowest BCUT2D eigenvalue weighted by Gasteiger charge is -2.07. The van der Waals surface area contributed by atoms with Crippen molar-refractivity contribution < 1.29 is 9.18 Å². The molecule has 1 amide bonds. The molecule has 0 saturated heterocycles. The van der Waals surface area contributed by atoms with E-state index in [0.29, 0.717) is 12.2 Å². The Bertz CT molecular complexity index is 581. The lowest BCUT2D eigenvalue weighted by atomic mass is 10.2. The summed E-state index contributed by atoms with van der Waals surface area (Å²) in [5.41, 5.74) is 6.40. The van der Waals surface area contributed by atoms with Crippen molar-refractivity contribution in [2.45, 2.75) is 6.54 Å². The van der Waals surface area contributed by atoms with Crippen molar-refractivity contribution >= 4 is 11.6 Å². The summed E-state index contributed by atoms with van der Waals surface area (Å²) in [7, 11) is 1.77. The van der Waals surface area contributed by atoms with Crippen LogP contribution in [0.4, 0.5) is 10.1 Å². The van der Waals surface area contributed by atoms with E-state index < -0.39 is 11.7 Å². The fourth-order valence-electron chi connectivity index (χ4n) is 1.49. The van der Waals surface area contributed by atoms with Gasteiger partial charge in [0.15, 0.2) is 0 Å². The van der Waals surface area contributed by atoms with Gasteiger partial charge < -0.3 is 11.1 Å². The number of amides is 1. The summed E-state index contributed by atoms with van der Waals surface area (Å²) in [4.78, 5) is 11.0. The molecule has 1 aromatic heterocycles. The standard InChI is InChI=1S/C11H12FN5O/c1-17-8(6-15-16-17)5-14-7-2-3-10(12)9(4-7)11(13)18/h2-4,6,14H,5H2,1H3,(H2,13,18). The zero-order chi connectivity index (χ0) is 13.1. The molecule has 7 heteroatoms. The van der Waals surface area contributed by atoms with E-state index in [9.17, 15) is 9.18 Å². The summed E-state index contributed by atoms with van der Waals surface area (Å²) >= 11 is 0. The molecular weight excluding hydrogens is 237 g/mol. The van der Waals surface area contributed by atoms with Gasteiger partial charge in [-0.25, -0.2) is 4.39 Å². The zero-order valence-electron chi connectivity index (χ0n) is 9.72. The van der Waals surface area contributed by atoms with Gasteiger partial charge in [0.2, 0.25) is 0 Å². The highest BCUT2D eigenvalue weighted by atomic mass is 19.1. The largest absolute Gasteiger partial charge is 0.379 e. The molecule has 94 valence electrons. The van der Waals surface area contributed by atoms with Crippen molar-refractivity contribution in [2.75, 3.05) is 5.32 Å². The summed E-state index contributed by atoms with van der Waals surface area (Å²) in [5, 5.41) is 10.5. The first-order valence-corrected chi connectivity index (χ1v) is 5.24. The molecule has 0 radical (unpaired) electrons. The van der Waals surface area contributed by atoms with E-state index in [0.717, 1.165) is 5.69 Å². The summed E-state index contributed by atoms with van der Waals surface area (Å²) in [6.45, 7) is 0.466. The monoisotopic (exact) mass is 249 g/mol. The maximum absolute atomic E-state index is 13.2. The first-order valence-electron chi connectivity index (χ1n) is 5.24. The average molecular weight is 249 g/mol. The Morgan fingerprint density at radius 2 is 2.33 bits per heavy atom. The molecule has 0 spiro atoms. The molecule has 1 heterocycles. The Labute approximate surface area is 103 Å². The smallest absolute Gasteiger partial charge is 0.251 e. The van der Waals surface area contributed by atoms with Gasteiger partial charge in [0.05, 0.1) is 24.0 Å². The van der Waals surface area contributed by atoms with Gasteiger partial charge in [-0.3, -0.25) is 9.48 Å².